The highest BCUT2D eigenvalue weighted by molar-refractivity contribution is 7.89. The zero-order valence-corrected chi connectivity index (χ0v) is 20.5. The third-order valence-electron chi connectivity index (χ3n) is 5.83. The van der Waals surface area contributed by atoms with Crippen molar-refractivity contribution in [2.75, 3.05) is 0 Å². The maximum atomic E-state index is 13.0. The summed E-state index contributed by atoms with van der Waals surface area (Å²) in [5.74, 6) is 0. The number of aryl methyl sites for hydroxylation is 1. The van der Waals surface area contributed by atoms with Crippen molar-refractivity contribution in [3.63, 3.8) is 0 Å². The van der Waals surface area contributed by atoms with Crippen molar-refractivity contribution in [2.45, 2.75) is 18.7 Å². The molecular weight excluding hydrogens is 444 g/mol. The van der Waals surface area contributed by atoms with Crippen molar-refractivity contribution in [3.05, 3.63) is 121 Å². The molecule has 0 aliphatic carbocycles. The monoisotopic (exact) mass is 470 g/mol. The summed E-state index contributed by atoms with van der Waals surface area (Å²) in [5, 5.41) is 8.70. The molecule has 1 N–H and O–H groups in total. The minimum atomic E-state index is -3.79. The first kappa shape index (κ1) is 22.7. The van der Waals surface area contributed by atoms with Gasteiger partial charge < -0.3 is 0 Å². The number of benzene rings is 4. The van der Waals surface area contributed by atoms with Gasteiger partial charge >= 0.3 is 0 Å². The van der Waals surface area contributed by atoms with Gasteiger partial charge in [-0.15, -0.1) is 0 Å². The van der Waals surface area contributed by atoms with Crippen molar-refractivity contribution in [2.24, 2.45) is 5.10 Å². The summed E-state index contributed by atoms with van der Waals surface area (Å²) in [6, 6.07) is 37.5. The highest BCUT2D eigenvalue weighted by atomic mass is 32.2. The molecule has 0 atom stereocenters. The molecule has 0 fully saturated rings. The van der Waals surface area contributed by atoms with E-state index in [1.807, 2.05) is 68.4 Å². The van der Waals surface area contributed by atoms with E-state index in [2.05, 4.69) is 46.3 Å². The van der Waals surface area contributed by atoms with Crippen molar-refractivity contribution in [3.8, 4) is 0 Å². The molecule has 4 rings (SSSR count). The Morgan fingerprint density at radius 2 is 1.06 bits per heavy atom. The highest BCUT2D eigenvalue weighted by Crippen LogP contribution is 2.13. The Labute approximate surface area is 196 Å². The first-order valence-corrected chi connectivity index (χ1v) is 14.2. The minimum absolute atomic E-state index is 0.191. The number of hydrogen-bond donors (Lipinski definition) is 1. The summed E-state index contributed by atoms with van der Waals surface area (Å²) in [7, 11) is -6.61. The zero-order valence-electron chi connectivity index (χ0n) is 18.6. The minimum Gasteiger partial charge on any atom is -0.200 e. The van der Waals surface area contributed by atoms with Crippen LogP contribution in [-0.2, 0) is 10.0 Å². The molecule has 0 bridgehead atoms. The van der Waals surface area contributed by atoms with E-state index in [1.165, 1.54) is 0 Å². The van der Waals surface area contributed by atoms with Crippen LogP contribution >= 0.6 is 0 Å². The standard InChI is InChI=1S/C27H26N2O2SSi/c1-22-18-20-24(21-19-22)32(30,31)29-28-23(2)33(25-12-6-3-7-13-25,26-14-8-4-9-15-26)27-16-10-5-11-17-27/h3-21,29H,1-2H3. The number of nitrogens with one attached hydrogen (secondary N) is 1. The Bertz CT molecular complexity index is 1240. The van der Waals surface area contributed by atoms with Gasteiger partial charge in [-0.3, -0.25) is 0 Å². The summed E-state index contributed by atoms with van der Waals surface area (Å²) < 4.78 is 26.0. The Kier molecular flexibility index (Phi) is 6.58. The molecule has 0 unspecified atom stereocenters. The van der Waals surface area contributed by atoms with E-state index in [9.17, 15) is 8.42 Å². The van der Waals surface area contributed by atoms with Gasteiger partial charge in [0.1, 0.15) is 0 Å². The average molecular weight is 471 g/mol. The topological polar surface area (TPSA) is 58.5 Å². The van der Waals surface area contributed by atoms with Crippen LogP contribution in [0.1, 0.15) is 12.5 Å². The van der Waals surface area contributed by atoms with Gasteiger partial charge in [-0.05, 0) is 41.5 Å². The van der Waals surface area contributed by atoms with E-state index in [-0.39, 0.29) is 4.90 Å². The van der Waals surface area contributed by atoms with Crippen molar-refractivity contribution in [1.29, 1.82) is 0 Å². The molecule has 0 saturated carbocycles. The van der Waals surface area contributed by atoms with Gasteiger partial charge in [0.2, 0.25) is 0 Å². The smallest absolute Gasteiger partial charge is 0.200 e. The lowest BCUT2D eigenvalue weighted by atomic mass is 10.2. The predicted octanol–water partition coefficient (Wildman–Crippen LogP) is 3.36. The Hall–Kier alpha value is -3.48. The molecule has 6 heteroatoms. The molecule has 0 heterocycles. The summed E-state index contributed by atoms with van der Waals surface area (Å²) in [5.41, 5.74) is 0.997. The van der Waals surface area contributed by atoms with Crippen molar-refractivity contribution in [1.82, 2.24) is 4.83 Å². The lowest BCUT2D eigenvalue weighted by Gasteiger charge is -2.33. The van der Waals surface area contributed by atoms with E-state index >= 15 is 0 Å². The van der Waals surface area contributed by atoms with E-state index < -0.39 is 18.1 Å². The van der Waals surface area contributed by atoms with Gasteiger partial charge in [0.25, 0.3) is 10.0 Å². The average Bonchev–Trinajstić information content (AvgIpc) is 2.86. The molecule has 4 nitrogen and oxygen atoms in total. The predicted molar refractivity (Wildman–Crippen MR) is 139 cm³/mol. The molecule has 0 spiro atoms. The van der Waals surface area contributed by atoms with Crippen LogP contribution in [0.15, 0.2) is 125 Å². The number of nitrogens with zero attached hydrogens (tertiary/aromatic N) is 1. The summed E-state index contributed by atoms with van der Waals surface area (Å²) in [4.78, 5) is 2.69. The lowest BCUT2D eigenvalue weighted by Crippen LogP contribution is -2.72. The number of sulfonamides is 1. The highest BCUT2D eigenvalue weighted by Gasteiger charge is 2.43. The van der Waals surface area contributed by atoms with Gasteiger partial charge in [-0.1, -0.05) is 109 Å². The fourth-order valence-electron chi connectivity index (χ4n) is 4.17. The fourth-order valence-corrected chi connectivity index (χ4v) is 9.67. The van der Waals surface area contributed by atoms with Crippen LogP contribution in [0.25, 0.3) is 0 Å². The molecule has 33 heavy (non-hydrogen) atoms. The zero-order chi connectivity index (χ0) is 23.3. The normalized spacial score (nSPS) is 12.4. The van der Waals surface area contributed by atoms with Gasteiger partial charge in [0, 0.05) is 5.33 Å². The third kappa shape index (κ3) is 4.53. The second-order valence-electron chi connectivity index (χ2n) is 7.95. The number of rotatable bonds is 7. The molecule has 4 aromatic carbocycles. The lowest BCUT2D eigenvalue weighted by molar-refractivity contribution is 0.584. The maximum Gasteiger partial charge on any atom is 0.276 e. The van der Waals surface area contributed by atoms with Gasteiger partial charge in [0.15, 0.2) is 8.07 Å². The molecule has 0 radical (unpaired) electrons. The molecular formula is C27H26N2O2SSi. The molecule has 0 saturated heterocycles. The van der Waals surface area contributed by atoms with E-state index in [4.69, 9.17) is 0 Å². The van der Waals surface area contributed by atoms with Crippen molar-refractivity contribution >= 4 is 39.0 Å². The van der Waals surface area contributed by atoms with Crippen LogP contribution in [0.4, 0.5) is 0 Å². The first-order chi connectivity index (χ1) is 15.9. The third-order valence-corrected chi connectivity index (χ3v) is 11.8. The van der Waals surface area contributed by atoms with Crippen LogP contribution < -0.4 is 20.4 Å². The first-order valence-electron chi connectivity index (χ1n) is 10.7. The summed E-state index contributed by atoms with van der Waals surface area (Å²) in [6.07, 6.45) is 0. The maximum absolute atomic E-state index is 13.0. The molecule has 4 aromatic rings. The van der Waals surface area contributed by atoms with Crippen molar-refractivity contribution < 1.29 is 8.42 Å². The summed E-state index contributed by atoms with van der Waals surface area (Å²) >= 11 is 0. The molecule has 166 valence electrons. The largest absolute Gasteiger partial charge is 0.276 e. The molecule has 0 aliphatic heterocycles. The molecule has 0 aromatic heterocycles. The van der Waals surface area contributed by atoms with Gasteiger partial charge in [-0.25, -0.2) is 4.83 Å². The fraction of sp³-hybridized carbons (Fsp3) is 0.0741. The van der Waals surface area contributed by atoms with E-state index in [0.717, 1.165) is 26.5 Å². The number of hydrogen-bond acceptors (Lipinski definition) is 3. The van der Waals surface area contributed by atoms with E-state index in [0.29, 0.717) is 0 Å². The molecule has 0 aliphatic rings. The van der Waals surface area contributed by atoms with Crippen LogP contribution in [0.2, 0.25) is 0 Å². The Balaban J connectivity index is 1.90. The van der Waals surface area contributed by atoms with Crippen LogP contribution in [0, 0.1) is 6.92 Å². The SMILES string of the molecule is CC(=NNS(=O)(=O)c1ccc(C)cc1)[Si](c1ccccc1)(c1ccccc1)c1ccccc1. The van der Waals surface area contributed by atoms with E-state index in [1.54, 1.807) is 24.3 Å². The second-order valence-corrected chi connectivity index (χ2v) is 13.6. The van der Waals surface area contributed by atoms with Crippen LogP contribution in [0.3, 0.4) is 0 Å². The van der Waals surface area contributed by atoms with Crippen LogP contribution in [0.5, 0.6) is 0 Å². The molecule has 0 amide bonds. The Morgan fingerprint density at radius 1 is 0.667 bits per heavy atom. The summed E-state index contributed by atoms with van der Waals surface area (Å²) in [6.45, 7) is 3.85. The quantitative estimate of drug-likeness (QED) is 0.195. The second kappa shape index (κ2) is 9.56. The van der Waals surface area contributed by atoms with Gasteiger partial charge in [0.05, 0.1) is 4.90 Å². The van der Waals surface area contributed by atoms with Crippen LogP contribution in [-0.4, -0.2) is 21.8 Å². The van der Waals surface area contributed by atoms with Gasteiger partial charge in [-0.2, -0.15) is 13.5 Å². The Morgan fingerprint density at radius 3 is 1.45 bits per heavy atom. The number of hydrazone groups is 1.